The van der Waals surface area contributed by atoms with Gasteiger partial charge in [-0.05, 0) is 6.42 Å². The number of hydrogen-bond acceptors (Lipinski definition) is 5. The molecule has 6 heteroatoms. The smallest absolute Gasteiger partial charge is 0.218 e. The highest BCUT2D eigenvalue weighted by molar-refractivity contribution is 5.39. The fourth-order valence-corrected chi connectivity index (χ4v) is 1.85. The molecule has 0 aromatic carbocycles. The molecule has 21 heavy (non-hydrogen) atoms. The first kappa shape index (κ1) is 15.3. The van der Waals surface area contributed by atoms with Crippen molar-refractivity contribution in [3.63, 3.8) is 0 Å². The van der Waals surface area contributed by atoms with E-state index in [1.807, 2.05) is 18.6 Å². The molecule has 0 unspecified atom stereocenters. The second-order valence-electron chi connectivity index (χ2n) is 5.95. The van der Waals surface area contributed by atoms with Crippen LogP contribution in [0.5, 0.6) is 5.88 Å². The van der Waals surface area contributed by atoms with Crippen molar-refractivity contribution in [1.82, 2.24) is 19.5 Å². The van der Waals surface area contributed by atoms with Gasteiger partial charge < -0.3 is 14.6 Å². The summed E-state index contributed by atoms with van der Waals surface area (Å²) in [5.74, 6) is 2.17. The van der Waals surface area contributed by atoms with E-state index in [2.05, 4.69) is 45.6 Å². The zero-order valence-corrected chi connectivity index (χ0v) is 13.1. The molecule has 2 aromatic heterocycles. The molecule has 0 spiro atoms. The highest BCUT2D eigenvalue weighted by atomic mass is 16.5. The number of anilines is 1. The third-order valence-electron chi connectivity index (χ3n) is 3.04. The first-order chi connectivity index (χ1) is 9.99. The minimum atomic E-state index is -0.109. The van der Waals surface area contributed by atoms with E-state index in [-0.39, 0.29) is 5.41 Å². The second kappa shape index (κ2) is 6.56. The molecule has 0 saturated heterocycles. The summed E-state index contributed by atoms with van der Waals surface area (Å²) in [6, 6.07) is 1.83. The van der Waals surface area contributed by atoms with Gasteiger partial charge >= 0.3 is 0 Å². The molecule has 0 aliphatic rings. The third kappa shape index (κ3) is 4.44. The zero-order valence-electron chi connectivity index (χ0n) is 13.1. The molecule has 0 fully saturated rings. The van der Waals surface area contributed by atoms with Crippen LogP contribution >= 0.6 is 0 Å². The van der Waals surface area contributed by atoms with E-state index in [1.54, 1.807) is 13.3 Å². The average Bonchev–Trinajstić information content (AvgIpc) is 2.95. The van der Waals surface area contributed by atoms with Gasteiger partial charge in [0.1, 0.15) is 11.6 Å². The van der Waals surface area contributed by atoms with Crippen LogP contribution in [0.3, 0.4) is 0 Å². The van der Waals surface area contributed by atoms with Crippen molar-refractivity contribution in [1.29, 1.82) is 0 Å². The lowest BCUT2D eigenvalue weighted by Gasteiger charge is -2.18. The van der Waals surface area contributed by atoms with E-state index in [1.165, 1.54) is 0 Å². The van der Waals surface area contributed by atoms with Gasteiger partial charge in [0.2, 0.25) is 5.88 Å². The highest BCUT2D eigenvalue weighted by Crippen LogP contribution is 2.23. The number of nitrogens with one attached hydrogen (secondary N) is 1. The summed E-state index contributed by atoms with van der Waals surface area (Å²) in [7, 11) is 1.62. The Kier molecular flexibility index (Phi) is 4.77. The number of aromatic nitrogens is 4. The Morgan fingerprint density at radius 2 is 2.10 bits per heavy atom. The van der Waals surface area contributed by atoms with Gasteiger partial charge in [-0.15, -0.1) is 0 Å². The summed E-state index contributed by atoms with van der Waals surface area (Å²) in [5.41, 5.74) is -0.109. The molecule has 2 aromatic rings. The van der Waals surface area contributed by atoms with Crippen molar-refractivity contribution < 1.29 is 4.74 Å². The molecular formula is C15H23N5O. The topological polar surface area (TPSA) is 64.9 Å². The van der Waals surface area contributed by atoms with Crippen LogP contribution in [-0.4, -0.2) is 33.2 Å². The van der Waals surface area contributed by atoms with E-state index in [9.17, 15) is 0 Å². The minimum Gasteiger partial charge on any atom is -0.481 e. The molecule has 0 radical (unpaired) electrons. The summed E-state index contributed by atoms with van der Waals surface area (Å²) in [4.78, 5) is 13.0. The summed E-state index contributed by atoms with van der Waals surface area (Å²) in [6.45, 7) is 8.03. The van der Waals surface area contributed by atoms with Gasteiger partial charge in [0.05, 0.1) is 13.4 Å². The Balaban J connectivity index is 1.95. The van der Waals surface area contributed by atoms with Gasteiger partial charge in [0.25, 0.3) is 0 Å². The maximum Gasteiger partial charge on any atom is 0.218 e. The summed E-state index contributed by atoms with van der Waals surface area (Å²) >= 11 is 0. The predicted molar refractivity (Wildman–Crippen MR) is 82.6 cm³/mol. The van der Waals surface area contributed by atoms with E-state index >= 15 is 0 Å². The van der Waals surface area contributed by atoms with E-state index in [0.717, 1.165) is 31.2 Å². The standard InChI is InChI=1S/C15H23N5O/c1-15(2,3)14-18-12(10-13(19-14)21-4)17-6-5-8-20-9-7-16-11-20/h7,9-11H,5-6,8H2,1-4H3,(H,17,18,19). The van der Waals surface area contributed by atoms with Gasteiger partial charge in [-0.2, -0.15) is 4.98 Å². The van der Waals surface area contributed by atoms with E-state index < -0.39 is 0 Å². The molecule has 2 heterocycles. The predicted octanol–water partition coefficient (Wildman–Crippen LogP) is 2.48. The molecule has 0 atom stereocenters. The van der Waals surface area contributed by atoms with Crippen molar-refractivity contribution in [3.8, 4) is 5.88 Å². The van der Waals surface area contributed by atoms with Crippen molar-refractivity contribution in [2.24, 2.45) is 0 Å². The fraction of sp³-hybridized carbons (Fsp3) is 0.533. The normalized spacial score (nSPS) is 11.4. The van der Waals surface area contributed by atoms with Gasteiger partial charge in [-0.25, -0.2) is 9.97 Å². The fourth-order valence-electron chi connectivity index (χ4n) is 1.85. The van der Waals surface area contributed by atoms with E-state index in [4.69, 9.17) is 4.74 Å². The van der Waals surface area contributed by atoms with Crippen molar-refractivity contribution in [2.75, 3.05) is 19.0 Å². The second-order valence-corrected chi connectivity index (χ2v) is 5.95. The Hall–Kier alpha value is -2.11. The first-order valence-electron chi connectivity index (χ1n) is 7.12. The first-order valence-corrected chi connectivity index (χ1v) is 7.12. The number of aryl methyl sites for hydroxylation is 1. The maximum atomic E-state index is 5.25. The third-order valence-corrected chi connectivity index (χ3v) is 3.04. The molecule has 114 valence electrons. The molecule has 0 aliphatic carbocycles. The lowest BCUT2D eigenvalue weighted by atomic mass is 9.96. The van der Waals surface area contributed by atoms with Crippen LogP contribution in [0.15, 0.2) is 24.8 Å². The van der Waals surface area contributed by atoms with Crippen LogP contribution in [-0.2, 0) is 12.0 Å². The van der Waals surface area contributed by atoms with Gasteiger partial charge in [-0.3, -0.25) is 0 Å². The number of rotatable bonds is 6. The van der Waals surface area contributed by atoms with Crippen molar-refractivity contribution in [2.45, 2.75) is 39.2 Å². The van der Waals surface area contributed by atoms with Crippen molar-refractivity contribution >= 4 is 5.82 Å². The Labute approximate surface area is 125 Å². The molecule has 0 saturated carbocycles. The molecule has 0 aliphatic heterocycles. The van der Waals surface area contributed by atoms with Crippen molar-refractivity contribution in [3.05, 3.63) is 30.6 Å². The maximum absolute atomic E-state index is 5.25. The number of hydrogen-bond donors (Lipinski definition) is 1. The molecule has 0 bridgehead atoms. The lowest BCUT2D eigenvalue weighted by Crippen LogP contribution is -2.18. The summed E-state index contributed by atoms with van der Waals surface area (Å²) < 4.78 is 7.31. The average molecular weight is 289 g/mol. The van der Waals surface area contributed by atoms with Crippen LogP contribution in [0.25, 0.3) is 0 Å². The van der Waals surface area contributed by atoms with E-state index in [0.29, 0.717) is 5.88 Å². The summed E-state index contributed by atoms with van der Waals surface area (Å²) in [5, 5.41) is 3.33. The quantitative estimate of drug-likeness (QED) is 0.828. The van der Waals surface area contributed by atoms with Gasteiger partial charge in [-0.1, -0.05) is 20.8 Å². The van der Waals surface area contributed by atoms with Gasteiger partial charge in [0, 0.05) is 37.0 Å². The number of methoxy groups -OCH3 is 1. The minimum absolute atomic E-state index is 0.109. The van der Waals surface area contributed by atoms with Crippen LogP contribution in [0.4, 0.5) is 5.82 Å². The Bertz CT molecular complexity index is 560. The van der Waals surface area contributed by atoms with Crippen LogP contribution in [0.2, 0.25) is 0 Å². The molecule has 0 amide bonds. The molecular weight excluding hydrogens is 266 g/mol. The Morgan fingerprint density at radius 3 is 2.71 bits per heavy atom. The SMILES string of the molecule is COc1cc(NCCCn2ccnc2)nc(C(C)(C)C)n1. The monoisotopic (exact) mass is 289 g/mol. The molecule has 2 rings (SSSR count). The summed E-state index contributed by atoms with van der Waals surface area (Å²) in [6.07, 6.45) is 6.57. The number of imidazole rings is 1. The zero-order chi connectivity index (χ0) is 15.3. The van der Waals surface area contributed by atoms with Crippen LogP contribution in [0.1, 0.15) is 33.0 Å². The number of nitrogens with zero attached hydrogens (tertiary/aromatic N) is 4. The lowest BCUT2D eigenvalue weighted by molar-refractivity contribution is 0.389. The molecule has 1 N–H and O–H groups in total. The van der Waals surface area contributed by atoms with Crippen LogP contribution < -0.4 is 10.1 Å². The molecule has 6 nitrogen and oxygen atoms in total. The van der Waals surface area contributed by atoms with Gasteiger partial charge in [0.15, 0.2) is 0 Å². The number of ether oxygens (including phenoxy) is 1. The largest absolute Gasteiger partial charge is 0.481 e. The van der Waals surface area contributed by atoms with Crippen LogP contribution in [0, 0.1) is 0 Å². The Morgan fingerprint density at radius 1 is 1.29 bits per heavy atom. The highest BCUT2D eigenvalue weighted by Gasteiger charge is 2.19.